The molecule has 2 fully saturated rings. The summed E-state index contributed by atoms with van der Waals surface area (Å²) in [5.74, 6) is 1.71. The van der Waals surface area contributed by atoms with Gasteiger partial charge in [0.2, 0.25) is 0 Å². The predicted octanol–water partition coefficient (Wildman–Crippen LogP) is 2.04. The highest BCUT2D eigenvalue weighted by Gasteiger charge is 2.30. The molecule has 2 atom stereocenters. The molecule has 0 saturated carbocycles. The lowest BCUT2D eigenvalue weighted by Gasteiger charge is -2.43. The molecule has 0 radical (unpaired) electrons. The molecule has 0 aromatic heterocycles. The monoisotopic (exact) mass is 216 g/mol. The van der Waals surface area contributed by atoms with Crippen LogP contribution in [-0.4, -0.2) is 26.2 Å². The van der Waals surface area contributed by atoms with Crippen LogP contribution < -0.4 is 10.2 Å². The Hall–Kier alpha value is -1.02. The summed E-state index contributed by atoms with van der Waals surface area (Å²) in [7, 11) is 0. The van der Waals surface area contributed by atoms with Crippen LogP contribution in [0.4, 0.5) is 5.69 Å². The second kappa shape index (κ2) is 4.10. The van der Waals surface area contributed by atoms with Crippen molar-refractivity contribution in [3.63, 3.8) is 0 Å². The minimum absolute atomic E-state index is 0.854. The molecule has 86 valence electrons. The molecule has 0 aliphatic carbocycles. The third kappa shape index (κ3) is 1.82. The first kappa shape index (κ1) is 10.2. The number of hydrogen-bond donors (Lipinski definition) is 1. The Labute approximate surface area is 97.6 Å². The van der Waals surface area contributed by atoms with Crippen LogP contribution in [0.5, 0.6) is 0 Å². The van der Waals surface area contributed by atoms with E-state index in [1.165, 1.54) is 43.9 Å². The molecule has 2 unspecified atom stereocenters. The van der Waals surface area contributed by atoms with Crippen molar-refractivity contribution in [1.29, 1.82) is 0 Å². The van der Waals surface area contributed by atoms with Crippen molar-refractivity contribution in [1.82, 2.24) is 5.32 Å². The minimum atomic E-state index is 0.854. The number of piperidine rings is 2. The maximum atomic E-state index is 3.55. The van der Waals surface area contributed by atoms with Gasteiger partial charge in [0.15, 0.2) is 0 Å². The van der Waals surface area contributed by atoms with Gasteiger partial charge in [-0.1, -0.05) is 18.2 Å². The van der Waals surface area contributed by atoms with E-state index in [-0.39, 0.29) is 0 Å². The SMILES string of the molecule is Cc1ccccc1N1CC2CNCC(C2)C1. The Balaban J connectivity index is 1.83. The number of para-hydroxylation sites is 1. The topological polar surface area (TPSA) is 15.3 Å². The lowest BCUT2D eigenvalue weighted by molar-refractivity contribution is 0.249. The molecule has 2 aliphatic rings. The van der Waals surface area contributed by atoms with E-state index in [2.05, 4.69) is 41.4 Å². The van der Waals surface area contributed by atoms with Gasteiger partial charge in [0.05, 0.1) is 0 Å². The van der Waals surface area contributed by atoms with Crippen molar-refractivity contribution in [2.45, 2.75) is 13.3 Å². The Kier molecular flexibility index (Phi) is 2.60. The van der Waals surface area contributed by atoms with Crippen LogP contribution in [0.2, 0.25) is 0 Å². The van der Waals surface area contributed by atoms with Gasteiger partial charge in [-0.05, 0) is 49.9 Å². The predicted molar refractivity (Wildman–Crippen MR) is 67.9 cm³/mol. The fraction of sp³-hybridized carbons (Fsp3) is 0.571. The third-order valence-electron chi connectivity index (χ3n) is 3.95. The molecule has 0 spiro atoms. The summed E-state index contributed by atoms with van der Waals surface area (Å²) in [4.78, 5) is 2.59. The standard InChI is InChI=1S/C14H20N2/c1-11-4-2-3-5-14(11)16-9-12-6-13(10-16)8-15-7-12/h2-5,12-13,15H,6-10H2,1H3. The molecule has 1 aromatic rings. The smallest absolute Gasteiger partial charge is 0.0396 e. The first-order valence-electron chi connectivity index (χ1n) is 6.34. The average Bonchev–Trinajstić information content (AvgIpc) is 2.29. The number of anilines is 1. The van der Waals surface area contributed by atoms with E-state index in [9.17, 15) is 0 Å². The Morgan fingerprint density at radius 2 is 1.81 bits per heavy atom. The molecule has 1 aromatic carbocycles. The van der Waals surface area contributed by atoms with Crippen molar-refractivity contribution >= 4 is 5.69 Å². The van der Waals surface area contributed by atoms with Crippen LogP contribution in [0.15, 0.2) is 24.3 Å². The van der Waals surface area contributed by atoms with Crippen LogP contribution in [0.25, 0.3) is 0 Å². The molecule has 2 bridgehead atoms. The lowest BCUT2D eigenvalue weighted by Crippen LogP contribution is -2.51. The van der Waals surface area contributed by atoms with Crippen LogP contribution in [0.1, 0.15) is 12.0 Å². The molecule has 0 amide bonds. The number of nitrogens with zero attached hydrogens (tertiary/aromatic N) is 1. The summed E-state index contributed by atoms with van der Waals surface area (Å²) in [5, 5.41) is 3.55. The van der Waals surface area contributed by atoms with E-state index in [0.717, 1.165) is 11.8 Å². The Morgan fingerprint density at radius 1 is 1.12 bits per heavy atom. The van der Waals surface area contributed by atoms with Crippen molar-refractivity contribution in [2.24, 2.45) is 11.8 Å². The molecular formula is C14H20N2. The van der Waals surface area contributed by atoms with Gasteiger partial charge in [0, 0.05) is 18.8 Å². The van der Waals surface area contributed by atoms with E-state index in [4.69, 9.17) is 0 Å². The fourth-order valence-corrected chi connectivity index (χ4v) is 3.22. The molecule has 2 saturated heterocycles. The van der Waals surface area contributed by atoms with Gasteiger partial charge in [-0.25, -0.2) is 0 Å². The highest BCUT2D eigenvalue weighted by Crippen LogP contribution is 2.29. The Bertz CT molecular complexity index is 363. The van der Waals surface area contributed by atoms with Gasteiger partial charge in [-0.2, -0.15) is 0 Å². The summed E-state index contributed by atoms with van der Waals surface area (Å²) < 4.78 is 0. The molecule has 16 heavy (non-hydrogen) atoms. The lowest BCUT2D eigenvalue weighted by atomic mass is 9.85. The second-order valence-electron chi connectivity index (χ2n) is 5.32. The summed E-state index contributed by atoms with van der Waals surface area (Å²) in [6.45, 7) is 7.10. The maximum absolute atomic E-state index is 3.55. The van der Waals surface area contributed by atoms with Gasteiger partial charge in [-0.15, -0.1) is 0 Å². The largest absolute Gasteiger partial charge is 0.371 e. The maximum Gasteiger partial charge on any atom is 0.0396 e. The number of rotatable bonds is 1. The van der Waals surface area contributed by atoms with Gasteiger partial charge < -0.3 is 10.2 Å². The van der Waals surface area contributed by atoms with Gasteiger partial charge >= 0.3 is 0 Å². The van der Waals surface area contributed by atoms with Crippen molar-refractivity contribution < 1.29 is 0 Å². The molecule has 2 aliphatic heterocycles. The first-order valence-corrected chi connectivity index (χ1v) is 6.34. The molecule has 2 heteroatoms. The number of nitrogens with one attached hydrogen (secondary N) is 1. The molecule has 1 N–H and O–H groups in total. The van der Waals surface area contributed by atoms with Gasteiger partial charge in [-0.3, -0.25) is 0 Å². The third-order valence-corrected chi connectivity index (χ3v) is 3.95. The second-order valence-corrected chi connectivity index (χ2v) is 5.32. The Morgan fingerprint density at radius 3 is 2.50 bits per heavy atom. The quantitative estimate of drug-likeness (QED) is 0.773. The zero-order chi connectivity index (χ0) is 11.0. The number of fused-ring (bicyclic) bond motifs is 2. The van der Waals surface area contributed by atoms with Crippen molar-refractivity contribution in [2.75, 3.05) is 31.1 Å². The van der Waals surface area contributed by atoms with E-state index in [0.29, 0.717) is 0 Å². The average molecular weight is 216 g/mol. The van der Waals surface area contributed by atoms with Crippen LogP contribution in [0.3, 0.4) is 0 Å². The minimum Gasteiger partial charge on any atom is -0.371 e. The van der Waals surface area contributed by atoms with E-state index < -0.39 is 0 Å². The summed E-state index contributed by atoms with van der Waals surface area (Å²) in [6.07, 6.45) is 1.43. The normalized spacial score (nSPS) is 29.2. The van der Waals surface area contributed by atoms with Crippen molar-refractivity contribution in [3.05, 3.63) is 29.8 Å². The highest BCUT2D eigenvalue weighted by molar-refractivity contribution is 5.53. The molecule has 3 rings (SSSR count). The van der Waals surface area contributed by atoms with Gasteiger partial charge in [0.25, 0.3) is 0 Å². The van der Waals surface area contributed by atoms with Crippen LogP contribution in [0, 0.1) is 18.8 Å². The summed E-state index contributed by atoms with van der Waals surface area (Å²) in [6, 6.07) is 8.78. The van der Waals surface area contributed by atoms with Crippen molar-refractivity contribution in [3.8, 4) is 0 Å². The zero-order valence-corrected chi connectivity index (χ0v) is 9.95. The van der Waals surface area contributed by atoms with E-state index >= 15 is 0 Å². The molecular weight excluding hydrogens is 196 g/mol. The van der Waals surface area contributed by atoms with Crippen LogP contribution >= 0.6 is 0 Å². The number of benzene rings is 1. The number of aryl methyl sites for hydroxylation is 1. The molecule has 2 nitrogen and oxygen atoms in total. The summed E-state index contributed by atoms with van der Waals surface area (Å²) in [5.41, 5.74) is 2.86. The van der Waals surface area contributed by atoms with E-state index in [1.54, 1.807) is 0 Å². The fourth-order valence-electron chi connectivity index (χ4n) is 3.22. The highest BCUT2D eigenvalue weighted by atomic mass is 15.2. The number of hydrogen-bond acceptors (Lipinski definition) is 2. The zero-order valence-electron chi connectivity index (χ0n) is 9.95. The summed E-state index contributed by atoms with van der Waals surface area (Å²) >= 11 is 0. The first-order chi connectivity index (χ1) is 7.83. The van der Waals surface area contributed by atoms with Crippen LogP contribution in [-0.2, 0) is 0 Å². The van der Waals surface area contributed by atoms with E-state index in [1.807, 2.05) is 0 Å². The van der Waals surface area contributed by atoms with Gasteiger partial charge in [0.1, 0.15) is 0 Å². The molecule has 2 heterocycles.